The summed E-state index contributed by atoms with van der Waals surface area (Å²) in [6.07, 6.45) is 0. The Morgan fingerprint density at radius 2 is 1.78 bits per heavy atom. The highest BCUT2D eigenvalue weighted by atomic mass is 35.5. The van der Waals surface area contributed by atoms with Crippen LogP contribution in [-0.4, -0.2) is 34.9 Å². The van der Waals surface area contributed by atoms with Crippen molar-refractivity contribution in [1.82, 2.24) is 4.98 Å². The van der Waals surface area contributed by atoms with Gasteiger partial charge in [-0.1, -0.05) is 59.3 Å². The molecule has 0 aliphatic carbocycles. The molecule has 1 aliphatic rings. The molecular formula is C31H25ClN2O6S. The van der Waals surface area contributed by atoms with E-state index >= 15 is 0 Å². The number of amides is 1. The summed E-state index contributed by atoms with van der Waals surface area (Å²) in [5.74, 6) is -2.17. The largest absolute Gasteiger partial charge is 0.507 e. The zero-order chi connectivity index (χ0) is 29.3. The van der Waals surface area contributed by atoms with Gasteiger partial charge in [-0.15, -0.1) is 0 Å². The maximum atomic E-state index is 13.4. The fourth-order valence-electron chi connectivity index (χ4n) is 4.59. The number of aliphatic hydroxyl groups excluding tert-OH is 1. The van der Waals surface area contributed by atoms with Crippen LogP contribution in [0.4, 0.5) is 5.13 Å². The number of benzene rings is 3. The van der Waals surface area contributed by atoms with Gasteiger partial charge in [0, 0.05) is 10.6 Å². The lowest BCUT2D eigenvalue weighted by Gasteiger charge is -2.23. The fraction of sp³-hybridized carbons (Fsp3) is 0.161. The molecule has 3 aromatic carbocycles. The third kappa shape index (κ3) is 5.46. The number of hydrogen-bond donors (Lipinski definition) is 1. The van der Waals surface area contributed by atoms with E-state index < -0.39 is 23.7 Å². The predicted molar refractivity (Wildman–Crippen MR) is 156 cm³/mol. The van der Waals surface area contributed by atoms with Gasteiger partial charge in [0.2, 0.25) is 0 Å². The maximum absolute atomic E-state index is 13.4. The van der Waals surface area contributed by atoms with E-state index in [0.29, 0.717) is 34.2 Å². The molecule has 1 aromatic heterocycles. The first-order valence-corrected chi connectivity index (χ1v) is 13.8. The minimum absolute atomic E-state index is 0.119. The van der Waals surface area contributed by atoms with Gasteiger partial charge in [-0.2, -0.15) is 0 Å². The second kappa shape index (κ2) is 11.6. The normalized spacial score (nSPS) is 16.2. The molecule has 2 heterocycles. The molecule has 0 bridgehead atoms. The number of ether oxygens (including phenoxy) is 2. The van der Waals surface area contributed by atoms with Crippen LogP contribution in [-0.2, 0) is 20.9 Å². The Bertz CT molecular complexity index is 1690. The van der Waals surface area contributed by atoms with E-state index in [1.807, 2.05) is 31.2 Å². The van der Waals surface area contributed by atoms with Crippen LogP contribution in [0.3, 0.4) is 0 Å². The van der Waals surface area contributed by atoms with Gasteiger partial charge in [-0.3, -0.25) is 14.5 Å². The van der Waals surface area contributed by atoms with Gasteiger partial charge in [-0.05, 0) is 66.9 Å². The molecule has 1 N–H and O–H groups in total. The van der Waals surface area contributed by atoms with Crippen molar-refractivity contribution < 1.29 is 29.0 Å². The number of esters is 1. The summed E-state index contributed by atoms with van der Waals surface area (Å²) < 4.78 is 10.7. The highest BCUT2D eigenvalue weighted by Gasteiger charge is 2.48. The number of aliphatic hydroxyl groups is 1. The molecule has 208 valence electrons. The third-order valence-electron chi connectivity index (χ3n) is 6.75. The van der Waals surface area contributed by atoms with Gasteiger partial charge in [0.25, 0.3) is 5.78 Å². The number of aromatic nitrogens is 1. The molecule has 5 rings (SSSR count). The molecule has 1 atom stereocenters. The van der Waals surface area contributed by atoms with Crippen molar-refractivity contribution in [3.63, 3.8) is 0 Å². The van der Waals surface area contributed by atoms with Crippen molar-refractivity contribution in [2.24, 2.45) is 0 Å². The SMILES string of the molecule is COC(=O)c1sc(N2C(=O)C(=O)/C(=C(/O)c3ccc(OCc4ccccc4C)cc3)C2c2cccc(Cl)c2)nc1C. The van der Waals surface area contributed by atoms with E-state index in [1.54, 1.807) is 55.5 Å². The average Bonchev–Trinajstić information content (AvgIpc) is 3.48. The highest BCUT2D eigenvalue weighted by molar-refractivity contribution is 7.17. The van der Waals surface area contributed by atoms with Gasteiger partial charge in [0.1, 0.15) is 23.0 Å². The molecule has 0 radical (unpaired) electrons. The summed E-state index contributed by atoms with van der Waals surface area (Å²) in [4.78, 5) is 44.9. The molecule has 10 heteroatoms. The smallest absolute Gasteiger partial charge is 0.350 e. The van der Waals surface area contributed by atoms with E-state index in [0.717, 1.165) is 22.5 Å². The van der Waals surface area contributed by atoms with Crippen LogP contribution in [0.25, 0.3) is 5.76 Å². The first kappa shape index (κ1) is 28.1. The van der Waals surface area contributed by atoms with Gasteiger partial charge in [-0.25, -0.2) is 9.78 Å². The lowest BCUT2D eigenvalue weighted by molar-refractivity contribution is -0.132. The Kier molecular flexibility index (Phi) is 7.92. The van der Waals surface area contributed by atoms with Crippen molar-refractivity contribution in [2.45, 2.75) is 26.5 Å². The summed E-state index contributed by atoms with van der Waals surface area (Å²) in [6, 6.07) is 20.1. The quantitative estimate of drug-likeness (QED) is 0.115. The number of ketones is 1. The molecule has 8 nitrogen and oxygen atoms in total. The number of Topliss-reactive ketones (excluding diaryl/α,β-unsaturated/α-hetero) is 1. The molecule has 1 unspecified atom stereocenters. The molecule has 1 aliphatic heterocycles. The minimum atomic E-state index is -1.04. The number of carbonyl (C=O) groups excluding carboxylic acids is 3. The van der Waals surface area contributed by atoms with Crippen molar-refractivity contribution >= 4 is 51.5 Å². The van der Waals surface area contributed by atoms with Crippen LogP contribution in [0.1, 0.15) is 43.7 Å². The molecule has 1 amide bonds. The lowest BCUT2D eigenvalue weighted by atomic mass is 9.95. The number of carbonyl (C=O) groups is 3. The van der Waals surface area contributed by atoms with E-state index in [9.17, 15) is 19.5 Å². The average molecular weight is 589 g/mol. The van der Waals surface area contributed by atoms with Crippen molar-refractivity contribution in [3.05, 3.63) is 116 Å². The van der Waals surface area contributed by atoms with Crippen LogP contribution >= 0.6 is 22.9 Å². The minimum Gasteiger partial charge on any atom is -0.507 e. The zero-order valence-corrected chi connectivity index (χ0v) is 24.0. The van der Waals surface area contributed by atoms with Crippen LogP contribution in [0.5, 0.6) is 5.75 Å². The number of nitrogens with zero attached hydrogens (tertiary/aromatic N) is 2. The van der Waals surface area contributed by atoms with Crippen LogP contribution in [0.2, 0.25) is 5.02 Å². The Morgan fingerprint density at radius 3 is 2.46 bits per heavy atom. The molecule has 41 heavy (non-hydrogen) atoms. The van der Waals surface area contributed by atoms with Crippen molar-refractivity contribution in [3.8, 4) is 5.75 Å². The summed E-state index contributed by atoms with van der Waals surface area (Å²) in [5, 5.41) is 11.9. The van der Waals surface area contributed by atoms with E-state index in [2.05, 4.69) is 4.98 Å². The second-order valence-electron chi connectivity index (χ2n) is 9.37. The summed E-state index contributed by atoms with van der Waals surface area (Å²) >= 11 is 7.20. The molecule has 1 saturated heterocycles. The molecule has 0 spiro atoms. The maximum Gasteiger partial charge on any atom is 0.350 e. The van der Waals surface area contributed by atoms with E-state index in [-0.39, 0.29) is 21.3 Å². The Hall–Kier alpha value is -4.47. The zero-order valence-electron chi connectivity index (χ0n) is 22.4. The Balaban J connectivity index is 1.54. The highest BCUT2D eigenvalue weighted by Crippen LogP contribution is 2.44. The number of methoxy groups -OCH3 is 1. The monoisotopic (exact) mass is 588 g/mol. The number of thiazole rings is 1. The van der Waals surface area contributed by atoms with E-state index in [4.69, 9.17) is 21.1 Å². The summed E-state index contributed by atoms with van der Waals surface area (Å²) in [5.41, 5.74) is 3.20. The molecular weight excluding hydrogens is 564 g/mol. The number of aryl methyl sites for hydroxylation is 2. The van der Waals surface area contributed by atoms with Gasteiger partial charge in [0.05, 0.1) is 24.4 Å². The van der Waals surface area contributed by atoms with Gasteiger partial charge in [0.15, 0.2) is 5.13 Å². The topological polar surface area (TPSA) is 106 Å². The number of hydrogen-bond acceptors (Lipinski definition) is 8. The first-order chi connectivity index (χ1) is 19.7. The van der Waals surface area contributed by atoms with Crippen LogP contribution in [0, 0.1) is 13.8 Å². The van der Waals surface area contributed by atoms with Crippen LogP contribution < -0.4 is 9.64 Å². The molecule has 1 fully saturated rings. The predicted octanol–water partition coefficient (Wildman–Crippen LogP) is 6.41. The van der Waals surface area contributed by atoms with E-state index in [1.165, 1.54) is 12.0 Å². The lowest BCUT2D eigenvalue weighted by Crippen LogP contribution is -2.29. The molecule has 0 saturated carbocycles. The summed E-state index contributed by atoms with van der Waals surface area (Å²) in [6.45, 7) is 3.99. The van der Waals surface area contributed by atoms with Crippen molar-refractivity contribution in [2.75, 3.05) is 12.0 Å². The summed E-state index contributed by atoms with van der Waals surface area (Å²) in [7, 11) is 1.25. The van der Waals surface area contributed by atoms with Crippen molar-refractivity contribution in [1.29, 1.82) is 0 Å². The molecule has 4 aromatic rings. The number of halogens is 1. The third-order valence-corrected chi connectivity index (χ3v) is 8.13. The first-order valence-electron chi connectivity index (χ1n) is 12.6. The van der Waals surface area contributed by atoms with Gasteiger partial charge < -0.3 is 14.6 Å². The number of rotatable bonds is 7. The van der Waals surface area contributed by atoms with Crippen LogP contribution in [0.15, 0.2) is 78.4 Å². The van der Waals surface area contributed by atoms with Gasteiger partial charge >= 0.3 is 11.9 Å². The Morgan fingerprint density at radius 1 is 1.05 bits per heavy atom. The standard InChI is InChI=1S/C31H25ClN2O6S/c1-17-7-4-5-8-21(17)16-40-23-13-11-19(12-14-23)26(35)24-25(20-9-6-10-22(32)15-20)34(29(37)27(24)36)31-33-18(2)28(41-31)30(38)39-3/h4-15,25,35H,16H2,1-3H3/b26-24+. The Labute approximate surface area is 245 Å². The number of anilines is 1. The second-order valence-corrected chi connectivity index (χ2v) is 10.8. The fourth-order valence-corrected chi connectivity index (χ4v) is 5.80.